The van der Waals surface area contributed by atoms with Crippen LogP contribution in [0.3, 0.4) is 0 Å². The van der Waals surface area contributed by atoms with Crippen LogP contribution in [0.4, 0.5) is 8.78 Å². The fourth-order valence-electron chi connectivity index (χ4n) is 3.88. The van der Waals surface area contributed by atoms with Crippen molar-refractivity contribution in [1.82, 2.24) is 10.3 Å². The molecule has 2 aromatic carbocycles. The number of rotatable bonds is 7. The van der Waals surface area contributed by atoms with Crippen molar-refractivity contribution in [3.8, 4) is 5.75 Å². The number of halogens is 2. The molecule has 0 fully saturated rings. The highest BCUT2D eigenvalue weighted by Crippen LogP contribution is 2.31. The van der Waals surface area contributed by atoms with Crippen molar-refractivity contribution in [2.24, 2.45) is 0 Å². The molecule has 1 aliphatic rings. The molecule has 0 saturated carbocycles. The first-order valence-corrected chi connectivity index (χ1v) is 9.69. The maximum atomic E-state index is 13.9. The van der Waals surface area contributed by atoms with E-state index in [2.05, 4.69) is 10.3 Å². The number of carboxylic acids is 1. The van der Waals surface area contributed by atoms with Crippen molar-refractivity contribution in [2.45, 2.75) is 31.7 Å². The van der Waals surface area contributed by atoms with Gasteiger partial charge in [0, 0.05) is 28.7 Å². The van der Waals surface area contributed by atoms with Crippen LogP contribution in [-0.2, 0) is 12.8 Å². The van der Waals surface area contributed by atoms with Gasteiger partial charge in [0.05, 0.1) is 5.56 Å². The molecule has 0 saturated heterocycles. The molecule has 2 heterocycles. The van der Waals surface area contributed by atoms with E-state index in [4.69, 9.17) is 4.74 Å². The molecule has 1 atom stereocenters. The molecule has 152 valence electrons. The number of hydrogen-bond acceptors (Lipinski definition) is 3. The van der Waals surface area contributed by atoms with Gasteiger partial charge in [0.15, 0.2) is 11.6 Å². The average Bonchev–Trinajstić information content (AvgIpc) is 3.09. The minimum Gasteiger partial charge on any atom is -0.489 e. The summed E-state index contributed by atoms with van der Waals surface area (Å²) in [6, 6.07) is 7.09. The second kappa shape index (κ2) is 8.21. The van der Waals surface area contributed by atoms with Crippen LogP contribution >= 0.6 is 0 Å². The number of aromatic carboxylic acids is 1. The molecule has 7 heteroatoms. The summed E-state index contributed by atoms with van der Waals surface area (Å²) in [5.41, 5.74) is 2.51. The van der Waals surface area contributed by atoms with E-state index in [1.54, 1.807) is 12.1 Å². The molecular formula is C22H22F2N2O3. The molecule has 1 aliphatic heterocycles. The second-order valence-electron chi connectivity index (χ2n) is 7.33. The van der Waals surface area contributed by atoms with Gasteiger partial charge in [-0.1, -0.05) is 0 Å². The lowest BCUT2D eigenvalue weighted by molar-refractivity contribution is 0.0693. The SMILES string of the molecule is O=C(O)c1ccc(F)c2c1CC(NCCCCc1c[nH]c3ccc(F)cc13)CO2. The van der Waals surface area contributed by atoms with Crippen LogP contribution < -0.4 is 10.1 Å². The van der Waals surface area contributed by atoms with Gasteiger partial charge in [-0.15, -0.1) is 0 Å². The largest absolute Gasteiger partial charge is 0.489 e. The topological polar surface area (TPSA) is 74.4 Å². The predicted molar refractivity (Wildman–Crippen MR) is 106 cm³/mol. The number of aryl methyl sites for hydroxylation is 1. The number of fused-ring (bicyclic) bond motifs is 2. The zero-order valence-corrected chi connectivity index (χ0v) is 15.8. The number of benzene rings is 2. The Balaban J connectivity index is 1.29. The Morgan fingerprint density at radius 3 is 2.93 bits per heavy atom. The van der Waals surface area contributed by atoms with Crippen LogP contribution in [0.5, 0.6) is 5.75 Å². The van der Waals surface area contributed by atoms with Gasteiger partial charge >= 0.3 is 5.97 Å². The van der Waals surface area contributed by atoms with E-state index in [1.807, 2.05) is 6.20 Å². The van der Waals surface area contributed by atoms with Gasteiger partial charge in [-0.3, -0.25) is 0 Å². The lowest BCUT2D eigenvalue weighted by Crippen LogP contribution is -2.40. The molecule has 4 rings (SSSR count). The van der Waals surface area contributed by atoms with Gasteiger partial charge in [0.2, 0.25) is 0 Å². The summed E-state index contributed by atoms with van der Waals surface area (Å²) in [5.74, 6) is -1.80. The van der Waals surface area contributed by atoms with Gasteiger partial charge in [-0.05, 0) is 68.1 Å². The Morgan fingerprint density at radius 2 is 2.10 bits per heavy atom. The van der Waals surface area contributed by atoms with E-state index in [9.17, 15) is 18.7 Å². The number of ether oxygens (including phenoxy) is 1. The number of nitrogens with one attached hydrogen (secondary N) is 2. The van der Waals surface area contributed by atoms with Crippen molar-refractivity contribution in [2.75, 3.05) is 13.2 Å². The summed E-state index contributed by atoms with van der Waals surface area (Å²) >= 11 is 0. The van der Waals surface area contributed by atoms with Crippen LogP contribution in [0.15, 0.2) is 36.5 Å². The van der Waals surface area contributed by atoms with Crippen molar-refractivity contribution in [3.05, 3.63) is 64.9 Å². The molecule has 0 bridgehead atoms. The molecule has 5 nitrogen and oxygen atoms in total. The lowest BCUT2D eigenvalue weighted by Gasteiger charge is -2.27. The number of carboxylic acid groups (broad SMARTS) is 1. The zero-order valence-electron chi connectivity index (χ0n) is 15.8. The third kappa shape index (κ3) is 4.10. The van der Waals surface area contributed by atoms with Crippen molar-refractivity contribution in [1.29, 1.82) is 0 Å². The van der Waals surface area contributed by atoms with Crippen LogP contribution in [0.25, 0.3) is 10.9 Å². The van der Waals surface area contributed by atoms with Gasteiger partial charge in [0.1, 0.15) is 12.4 Å². The Hall–Kier alpha value is -2.93. The molecule has 29 heavy (non-hydrogen) atoms. The number of unbranched alkanes of at least 4 members (excludes halogenated alkanes) is 1. The van der Waals surface area contributed by atoms with Crippen molar-refractivity contribution < 1.29 is 23.4 Å². The fraction of sp³-hybridized carbons (Fsp3) is 0.318. The van der Waals surface area contributed by atoms with E-state index in [0.717, 1.165) is 48.3 Å². The molecule has 0 radical (unpaired) electrons. The van der Waals surface area contributed by atoms with Gasteiger partial charge in [-0.25, -0.2) is 13.6 Å². The summed E-state index contributed by atoms with van der Waals surface area (Å²) in [7, 11) is 0. The van der Waals surface area contributed by atoms with Gasteiger partial charge in [0.25, 0.3) is 0 Å². The third-order valence-electron chi connectivity index (χ3n) is 5.36. The molecule has 0 aliphatic carbocycles. The normalized spacial score (nSPS) is 15.9. The molecule has 3 N–H and O–H groups in total. The Morgan fingerprint density at radius 1 is 1.24 bits per heavy atom. The zero-order chi connectivity index (χ0) is 20.4. The Bertz CT molecular complexity index is 1050. The highest BCUT2D eigenvalue weighted by atomic mass is 19.1. The summed E-state index contributed by atoms with van der Waals surface area (Å²) in [4.78, 5) is 14.6. The minimum absolute atomic E-state index is 0.0505. The van der Waals surface area contributed by atoms with Crippen LogP contribution in [0.1, 0.15) is 34.3 Å². The first kappa shape index (κ1) is 19.4. The maximum absolute atomic E-state index is 13.9. The molecule has 1 aromatic heterocycles. The van der Waals surface area contributed by atoms with Crippen molar-refractivity contribution >= 4 is 16.9 Å². The number of carbonyl (C=O) groups is 1. The van der Waals surface area contributed by atoms with Crippen molar-refractivity contribution in [3.63, 3.8) is 0 Å². The van der Waals surface area contributed by atoms with Gasteiger partial charge in [-0.2, -0.15) is 0 Å². The molecule has 1 unspecified atom stereocenters. The summed E-state index contributed by atoms with van der Waals surface area (Å²) in [6.45, 7) is 1.03. The summed E-state index contributed by atoms with van der Waals surface area (Å²) in [6.07, 6.45) is 5.00. The van der Waals surface area contributed by atoms with Crippen LogP contribution in [0.2, 0.25) is 0 Å². The quantitative estimate of drug-likeness (QED) is 0.523. The minimum atomic E-state index is -1.08. The maximum Gasteiger partial charge on any atom is 0.336 e. The number of hydrogen-bond donors (Lipinski definition) is 3. The molecule has 3 aromatic rings. The third-order valence-corrected chi connectivity index (χ3v) is 5.36. The Kier molecular flexibility index (Phi) is 5.49. The van der Waals surface area contributed by atoms with E-state index in [0.29, 0.717) is 18.6 Å². The monoisotopic (exact) mass is 400 g/mol. The molecular weight excluding hydrogens is 378 g/mol. The average molecular weight is 400 g/mol. The van der Waals surface area contributed by atoms with Crippen LogP contribution in [-0.4, -0.2) is 35.3 Å². The van der Waals surface area contributed by atoms with E-state index in [1.165, 1.54) is 12.1 Å². The van der Waals surface area contributed by atoms with Gasteiger partial charge < -0.3 is 20.1 Å². The van der Waals surface area contributed by atoms with E-state index < -0.39 is 11.8 Å². The van der Waals surface area contributed by atoms with Crippen LogP contribution in [0, 0.1) is 11.6 Å². The molecule has 0 amide bonds. The summed E-state index contributed by atoms with van der Waals surface area (Å²) < 4.78 is 32.8. The lowest BCUT2D eigenvalue weighted by atomic mass is 9.96. The highest BCUT2D eigenvalue weighted by Gasteiger charge is 2.27. The fourth-order valence-corrected chi connectivity index (χ4v) is 3.88. The van der Waals surface area contributed by atoms with E-state index in [-0.39, 0.29) is 23.2 Å². The number of aromatic amines is 1. The number of H-pyrrole nitrogens is 1. The first-order valence-electron chi connectivity index (χ1n) is 9.69. The molecule has 0 spiro atoms. The first-order chi connectivity index (χ1) is 14.0. The second-order valence-corrected chi connectivity index (χ2v) is 7.33. The standard InChI is InChI=1S/C22H22F2N2O3/c23-14-4-7-20-17(9-14)13(11-26-20)3-1-2-8-25-15-10-18-16(22(27)28)5-6-19(24)21(18)29-12-15/h4-7,9,11,15,25-26H,1-3,8,10,12H2,(H,27,28). The number of aromatic nitrogens is 1. The smallest absolute Gasteiger partial charge is 0.336 e. The Labute approximate surface area is 166 Å². The highest BCUT2D eigenvalue weighted by molar-refractivity contribution is 5.90. The summed E-state index contributed by atoms with van der Waals surface area (Å²) in [5, 5.41) is 13.6. The predicted octanol–water partition coefficient (Wildman–Crippen LogP) is 4.06. The van der Waals surface area contributed by atoms with E-state index >= 15 is 0 Å².